The second-order valence-electron chi connectivity index (χ2n) is 6.72. The molecule has 0 atom stereocenters. The summed E-state index contributed by atoms with van der Waals surface area (Å²) in [6, 6.07) is 0.763. The number of rotatable bonds is 11. The number of alkyl halides is 6. The molecule has 0 amide bonds. The Morgan fingerprint density at radius 2 is 1.36 bits per heavy atom. The molecule has 2 nitrogen and oxygen atoms in total. The number of halogens is 6. The van der Waals surface area contributed by atoms with Crippen molar-refractivity contribution in [2.45, 2.75) is 77.1 Å². The van der Waals surface area contributed by atoms with Crippen LogP contribution in [0.1, 0.15) is 86.2 Å². The van der Waals surface area contributed by atoms with Crippen molar-refractivity contribution < 1.29 is 35.9 Å². The molecule has 0 aromatic heterocycles. The number of hydrogen-bond acceptors (Lipinski definition) is 2. The molecule has 1 aromatic carbocycles. The molecule has 0 aliphatic carbocycles. The standard InChI is InChI=1S/C20H26F6O2/c1-2-3-4-5-6-7-8-9-10-13-28-18(27)16-14-15(19(21,22)23)11-12-17(16)20(24,25)26/h11-12,14H,2-10,13H2,1H3. The van der Waals surface area contributed by atoms with Crippen LogP contribution in [0.2, 0.25) is 0 Å². The lowest BCUT2D eigenvalue weighted by Gasteiger charge is -2.15. The number of unbranched alkanes of at least 4 members (excludes halogenated alkanes) is 8. The van der Waals surface area contributed by atoms with Crippen LogP contribution in [0.15, 0.2) is 18.2 Å². The van der Waals surface area contributed by atoms with E-state index in [1.165, 1.54) is 25.7 Å². The van der Waals surface area contributed by atoms with Gasteiger partial charge in [0, 0.05) is 0 Å². The first kappa shape index (κ1) is 24.3. The van der Waals surface area contributed by atoms with Gasteiger partial charge in [0.2, 0.25) is 0 Å². The largest absolute Gasteiger partial charge is 0.462 e. The van der Waals surface area contributed by atoms with Crippen molar-refractivity contribution in [2.24, 2.45) is 0 Å². The van der Waals surface area contributed by atoms with Crippen molar-refractivity contribution in [3.63, 3.8) is 0 Å². The summed E-state index contributed by atoms with van der Waals surface area (Å²) in [6.07, 6.45) is -0.781. The Kier molecular flexibility index (Phi) is 9.82. The van der Waals surface area contributed by atoms with E-state index in [-0.39, 0.29) is 18.7 Å². The maximum absolute atomic E-state index is 13.0. The monoisotopic (exact) mass is 412 g/mol. The Bertz CT molecular complexity index is 608. The third-order valence-corrected chi connectivity index (χ3v) is 4.35. The Morgan fingerprint density at radius 3 is 1.86 bits per heavy atom. The first-order chi connectivity index (χ1) is 13.1. The number of esters is 1. The summed E-state index contributed by atoms with van der Waals surface area (Å²) in [4.78, 5) is 11.9. The lowest BCUT2D eigenvalue weighted by atomic mass is 10.0. The summed E-state index contributed by atoms with van der Waals surface area (Å²) in [6.45, 7) is 2.01. The molecule has 160 valence electrons. The van der Waals surface area contributed by atoms with Gasteiger partial charge in [-0.05, 0) is 24.6 Å². The average molecular weight is 412 g/mol. The summed E-state index contributed by atoms with van der Waals surface area (Å²) in [7, 11) is 0. The molecule has 0 aliphatic heterocycles. The minimum Gasteiger partial charge on any atom is -0.462 e. The van der Waals surface area contributed by atoms with Crippen molar-refractivity contribution in [3.05, 3.63) is 34.9 Å². The highest BCUT2D eigenvalue weighted by Gasteiger charge is 2.39. The van der Waals surface area contributed by atoms with Crippen LogP contribution < -0.4 is 0 Å². The first-order valence-electron chi connectivity index (χ1n) is 9.53. The molecule has 0 bridgehead atoms. The molecule has 28 heavy (non-hydrogen) atoms. The van der Waals surface area contributed by atoms with Crippen LogP contribution in [0.5, 0.6) is 0 Å². The topological polar surface area (TPSA) is 26.3 Å². The van der Waals surface area contributed by atoms with E-state index in [9.17, 15) is 31.1 Å². The van der Waals surface area contributed by atoms with Crippen LogP contribution in [-0.4, -0.2) is 12.6 Å². The highest BCUT2D eigenvalue weighted by Crippen LogP contribution is 2.36. The van der Waals surface area contributed by atoms with Crippen LogP contribution >= 0.6 is 0 Å². The third-order valence-electron chi connectivity index (χ3n) is 4.35. The van der Waals surface area contributed by atoms with E-state index in [0.717, 1.165) is 25.7 Å². The van der Waals surface area contributed by atoms with Crippen LogP contribution in [0, 0.1) is 0 Å². The molecule has 1 rings (SSSR count). The summed E-state index contributed by atoms with van der Waals surface area (Å²) in [5.74, 6) is -1.39. The first-order valence-corrected chi connectivity index (χ1v) is 9.53. The maximum Gasteiger partial charge on any atom is 0.417 e. The summed E-state index contributed by atoms with van der Waals surface area (Å²) in [5, 5.41) is 0. The minimum absolute atomic E-state index is 0.123. The number of hydrogen-bond donors (Lipinski definition) is 0. The van der Waals surface area contributed by atoms with Gasteiger partial charge in [0.15, 0.2) is 0 Å². The van der Waals surface area contributed by atoms with Gasteiger partial charge in [-0.1, -0.05) is 58.3 Å². The molecule has 0 N–H and O–H groups in total. The fourth-order valence-electron chi connectivity index (χ4n) is 2.79. The van der Waals surface area contributed by atoms with Crippen LogP contribution in [0.3, 0.4) is 0 Å². The van der Waals surface area contributed by atoms with Gasteiger partial charge < -0.3 is 4.74 Å². The van der Waals surface area contributed by atoms with E-state index in [1.54, 1.807) is 0 Å². The average Bonchev–Trinajstić information content (AvgIpc) is 2.61. The molecule has 0 saturated carbocycles. The van der Waals surface area contributed by atoms with Gasteiger partial charge in [-0.3, -0.25) is 0 Å². The van der Waals surface area contributed by atoms with Gasteiger partial charge in [-0.2, -0.15) is 26.3 Å². The quantitative estimate of drug-likeness (QED) is 0.215. The lowest BCUT2D eigenvalue weighted by Crippen LogP contribution is -2.17. The summed E-state index contributed by atoms with van der Waals surface area (Å²) in [5.41, 5.74) is -3.87. The second-order valence-corrected chi connectivity index (χ2v) is 6.72. The van der Waals surface area contributed by atoms with Crippen LogP contribution in [-0.2, 0) is 17.1 Å². The lowest BCUT2D eigenvalue weighted by molar-refractivity contribution is -0.141. The molecular formula is C20H26F6O2. The summed E-state index contributed by atoms with van der Waals surface area (Å²) < 4.78 is 82.0. The van der Waals surface area contributed by atoms with Gasteiger partial charge in [0.25, 0.3) is 0 Å². The predicted octanol–water partition coefficient (Wildman–Crippen LogP) is 7.41. The Labute approximate surface area is 161 Å². The normalized spacial score (nSPS) is 12.2. The zero-order chi connectivity index (χ0) is 21.2. The Hall–Kier alpha value is -1.73. The van der Waals surface area contributed by atoms with Crippen LogP contribution in [0.25, 0.3) is 0 Å². The van der Waals surface area contributed by atoms with Crippen molar-refractivity contribution >= 4 is 5.97 Å². The van der Waals surface area contributed by atoms with E-state index in [0.29, 0.717) is 12.5 Å². The van der Waals surface area contributed by atoms with Crippen molar-refractivity contribution in [2.75, 3.05) is 6.61 Å². The SMILES string of the molecule is CCCCCCCCCCCOC(=O)c1cc(C(F)(F)F)ccc1C(F)(F)F. The molecule has 0 aliphatic rings. The van der Waals surface area contributed by atoms with E-state index >= 15 is 0 Å². The molecule has 0 saturated heterocycles. The van der Waals surface area contributed by atoms with Gasteiger partial charge >= 0.3 is 18.3 Å². The molecule has 0 spiro atoms. The Balaban J connectivity index is 2.52. The molecule has 0 fully saturated rings. The fourth-order valence-corrected chi connectivity index (χ4v) is 2.79. The number of carbonyl (C=O) groups is 1. The second kappa shape index (κ2) is 11.3. The van der Waals surface area contributed by atoms with Crippen molar-refractivity contribution in [1.82, 2.24) is 0 Å². The predicted molar refractivity (Wildman–Crippen MR) is 94.0 cm³/mol. The Morgan fingerprint density at radius 1 is 0.821 bits per heavy atom. The fraction of sp³-hybridized carbons (Fsp3) is 0.650. The number of benzene rings is 1. The molecular weight excluding hydrogens is 386 g/mol. The highest BCUT2D eigenvalue weighted by molar-refractivity contribution is 5.91. The molecule has 0 heterocycles. The van der Waals surface area contributed by atoms with Gasteiger partial charge in [-0.25, -0.2) is 4.79 Å². The van der Waals surface area contributed by atoms with E-state index in [4.69, 9.17) is 4.74 Å². The number of carbonyl (C=O) groups excluding carboxylic acids is 1. The molecule has 8 heteroatoms. The van der Waals surface area contributed by atoms with Crippen molar-refractivity contribution in [1.29, 1.82) is 0 Å². The summed E-state index contributed by atoms with van der Waals surface area (Å²) >= 11 is 0. The molecule has 0 radical (unpaired) electrons. The minimum atomic E-state index is -4.95. The maximum atomic E-state index is 13.0. The smallest absolute Gasteiger partial charge is 0.417 e. The zero-order valence-corrected chi connectivity index (χ0v) is 15.9. The number of ether oxygens (including phenoxy) is 1. The van der Waals surface area contributed by atoms with Gasteiger partial charge in [0.1, 0.15) is 0 Å². The van der Waals surface area contributed by atoms with Crippen LogP contribution in [0.4, 0.5) is 26.3 Å². The molecule has 0 unspecified atom stereocenters. The molecule has 1 aromatic rings. The van der Waals surface area contributed by atoms with Gasteiger partial charge in [-0.15, -0.1) is 0 Å². The third kappa shape index (κ3) is 8.52. The van der Waals surface area contributed by atoms with Gasteiger partial charge in [0.05, 0.1) is 23.3 Å². The van der Waals surface area contributed by atoms with Crippen molar-refractivity contribution in [3.8, 4) is 0 Å². The highest BCUT2D eigenvalue weighted by atomic mass is 19.4. The van der Waals surface area contributed by atoms with E-state index < -0.39 is 35.0 Å². The van der Waals surface area contributed by atoms with E-state index in [2.05, 4.69) is 6.92 Å². The van der Waals surface area contributed by atoms with E-state index in [1.807, 2.05) is 0 Å². The zero-order valence-electron chi connectivity index (χ0n) is 15.9.